The molecule has 31 heavy (non-hydrogen) atoms. The third kappa shape index (κ3) is 4.76. The molecule has 3 aliphatic rings. The summed E-state index contributed by atoms with van der Waals surface area (Å²) in [6.45, 7) is 4.42. The Kier molecular flexibility index (Phi) is 6.31. The molecule has 9 nitrogen and oxygen atoms in total. The van der Waals surface area contributed by atoms with Crippen LogP contribution in [0.5, 0.6) is 11.5 Å². The molecule has 0 saturated carbocycles. The van der Waals surface area contributed by atoms with Gasteiger partial charge in [0.15, 0.2) is 11.5 Å². The highest BCUT2D eigenvalue weighted by Gasteiger charge is 2.38. The predicted octanol–water partition coefficient (Wildman–Crippen LogP) is 0.433. The van der Waals surface area contributed by atoms with Crippen molar-refractivity contribution in [2.45, 2.75) is 12.8 Å². The molecule has 2 saturated heterocycles. The van der Waals surface area contributed by atoms with Crippen molar-refractivity contribution >= 4 is 23.4 Å². The number of ether oxygens (including phenoxy) is 2. The lowest BCUT2D eigenvalue weighted by molar-refractivity contribution is -0.135. The van der Waals surface area contributed by atoms with Gasteiger partial charge in [0.2, 0.25) is 17.7 Å². The van der Waals surface area contributed by atoms with Crippen molar-refractivity contribution in [3.05, 3.63) is 18.2 Å². The first kappa shape index (κ1) is 21.4. The van der Waals surface area contributed by atoms with E-state index in [0.717, 1.165) is 18.7 Å². The van der Waals surface area contributed by atoms with Crippen molar-refractivity contribution in [3.8, 4) is 11.5 Å². The molecule has 0 aliphatic carbocycles. The van der Waals surface area contributed by atoms with E-state index in [9.17, 15) is 14.4 Å². The van der Waals surface area contributed by atoms with Crippen LogP contribution in [-0.4, -0.2) is 99.0 Å². The zero-order valence-electron chi connectivity index (χ0n) is 18.2. The SMILES string of the molecule is CN(C)C(=O)CN1CCCN(C(=O)C2CC(=O)N(c3ccc4c(c3)OCCO4)C2)CC1. The molecule has 3 amide bonds. The fourth-order valence-electron chi connectivity index (χ4n) is 4.26. The van der Waals surface area contributed by atoms with Gasteiger partial charge in [0.1, 0.15) is 13.2 Å². The van der Waals surface area contributed by atoms with Gasteiger partial charge in [-0.3, -0.25) is 19.3 Å². The normalized spacial score (nSPS) is 21.7. The highest BCUT2D eigenvalue weighted by molar-refractivity contribution is 6.00. The molecule has 0 spiro atoms. The quantitative estimate of drug-likeness (QED) is 0.689. The van der Waals surface area contributed by atoms with E-state index in [4.69, 9.17) is 9.47 Å². The monoisotopic (exact) mass is 430 g/mol. The smallest absolute Gasteiger partial charge is 0.236 e. The third-order valence-corrected chi connectivity index (χ3v) is 6.07. The van der Waals surface area contributed by atoms with Crippen molar-refractivity contribution in [1.82, 2.24) is 14.7 Å². The van der Waals surface area contributed by atoms with Crippen molar-refractivity contribution < 1.29 is 23.9 Å². The number of anilines is 1. The lowest BCUT2D eigenvalue weighted by Gasteiger charge is -2.25. The maximum absolute atomic E-state index is 13.2. The van der Waals surface area contributed by atoms with Gasteiger partial charge in [-0.25, -0.2) is 0 Å². The Balaban J connectivity index is 1.36. The van der Waals surface area contributed by atoms with Crippen LogP contribution in [0.2, 0.25) is 0 Å². The van der Waals surface area contributed by atoms with Crippen LogP contribution in [0, 0.1) is 5.92 Å². The zero-order chi connectivity index (χ0) is 22.0. The molecule has 9 heteroatoms. The number of amides is 3. The molecule has 0 radical (unpaired) electrons. The molecular weight excluding hydrogens is 400 g/mol. The fourth-order valence-corrected chi connectivity index (χ4v) is 4.26. The summed E-state index contributed by atoms with van der Waals surface area (Å²) in [4.78, 5) is 45.0. The zero-order valence-corrected chi connectivity index (χ0v) is 18.2. The number of rotatable bonds is 4. The molecule has 0 aromatic heterocycles. The average molecular weight is 431 g/mol. The highest BCUT2D eigenvalue weighted by Crippen LogP contribution is 2.36. The Morgan fingerprint density at radius 2 is 1.84 bits per heavy atom. The van der Waals surface area contributed by atoms with Crippen LogP contribution < -0.4 is 14.4 Å². The average Bonchev–Trinajstić information content (AvgIpc) is 3.00. The van der Waals surface area contributed by atoms with Crippen LogP contribution in [0.4, 0.5) is 5.69 Å². The van der Waals surface area contributed by atoms with Crippen LogP contribution >= 0.6 is 0 Å². The van der Waals surface area contributed by atoms with Crippen molar-refractivity contribution in [2.24, 2.45) is 5.92 Å². The first-order chi connectivity index (χ1) is 14.9. The molecule has 1 aromatic carbocycles. The van der Waals surface area contributed by atoms with Crippen LogP contribution in [-0.2, 0) is 14.4 Å². The molecule has 3 aliphatic heterocycles. The van der Waals surface area contributed by atoms with E-state index < -0.39 is 0 Å². The summed E-state index contributed by atoms with van der Waals surface area (Å²) in [7, 11) is 3.50. The Bertz CT molecular complexity index is 858. The standard InChI is InChI=1S/C22H30N4O5/c1-23(2)21(28)15-24-6-3-7-25(9-8-24)22(29)16-12-20(27)26(14-16)17-4-5-18-19(13-17)31-11-10-30-18/h4-5,13,16H,3,6-12,14-15H2,1-2H3. The Morgan fingerprint density at radius 1 is 1.06 bits per heavy atom. The van der Waals surface area contributed by atoms with Crippen molar-refractivity contribution in [2.75, 3.05) is 71.5 Å². The number of benzene rings is 1. The van der Waals surface area contributed by atoms with Crippen LogP contribution in [0.1, 0.15) is 12.8 Å². The summed E-state index contributed by atoms with van der Waals surface area (Å²) < 4.78 is 11.2. The van der Waals surface area contributed by atoms with Crippen molar-refractivity contribution in [3.63, 3.8) is 0 Å². The molecule has 0 bridgehead atoms. The second-order valence-electron chi connectivity index (χ2n) is 8.48. The number of carbonyl (C=O) groups is 3. The van der Waals surface area contributed by atoms with E-state index in [2.05, 4.69) is 4.90 Å². The lowest BCUT2D eigenvalue weighted by atomic mass is 10.1. The number of likely N-dealkylation sites (N-methyl/N-ethyl adjacent to an activating group) is 1. The lowest BCUT2D eigenvalue weighted by Crippen LogP contribution is -2.41. The summed E-state index contributed by atoms with van der Waals surface area (Å²) in [5.74, 6) is 0.992. The molecule has 168 valence electrons. The van der Waals surface area contributed by atoms with Gasteiger partial charge in [0.05, 0.1) is 12.5 Å². The minimum atomic E-state index is -0.351. The molecular formula is C22H30N4O5. The minimum absolute atomic E-state index is 0.0224. The molecule has 1 atom stereocenters. The van der Waals surface area contributed by atoms with Gasteiger partial charge in [-0.1, -0.05) is 0 Å². The van der Waals surface area contributed by atoms with Crippen molar-refractivity contribution in [1.29, 1.82) is 0 Å². The third-order valence-electron chi connectivity index (χ3n) is 6.07. The number of hydrogen-bond donors (Lipinski definition) is 0. The summed E-state index contributed by atoms with van der Waals surface area (Å²) in [6.07, 6.45) is 1.03. The van der Waals surface area contributed by atoms with E-state index in [0.29, 0.717) is 57.4 Å². The van der Waals surface area contributed by atoms with Gasteiger partial charge in [-0.05, 0) is 18.6 Å². The van der Waals surface area contributed by atoms with Crippen LogP contribution in [0.25, 0.3) is 0 Å². The summed E-state index contributed by atoms with van der Waals surface area (Å²) in [5.41, 5.74) is 0.730. The van der Waals surface area contributed by atoms with Crippen LogP contribution in [0.3, 0.4) is 0 Å². The van der Waals surface area contributed by atoms with Crippen LogP contribution in [0.15, 0.2) is 18.2 Å². The molecule has 2 fully saturated rings. The molecule has 1 unspecified atom stereocenters. The van der Waals surface area contributed by atoms with E-state index in [1.54, 1.807) is 23.9 Å². The van der Waals surface area contributed by atoms with Gasteiger partial charge >= 0.3 is 0 Å². The number of hydrogen-bond acceptors (Lipinski definition) is 6. The number of nitrogens with zero attached hydrogens (tertiary/aromatic N) is 4. The molecule has 3 heterocycles. The minimum Gasteiger partial charge on any atom is -0.486 e. The summed E-state index contributed by atoms with van der Waals surface area (Å²) >= 11 is 0. The fraction of sp³-hybridized carbons (Fsp3) is 0.591. The largest absolute Gasteiger partial charge is 0.486 e. The Labute approximate surface area is 182 Å². The van der Waals surface area contributed by atoms with E-state index >= 15 is 0 Å². The first-order valence-electron chi connectivity index (χ1n) is 10.8. The molecule has 4 rings (SSSR count). The van der Waals surface area contributed by atoms with E-state index in [-0.39, 0.29) is 30.1 Å². The van der Waals surface area contributed by atoms with Gasteiger partial charge in [0.25, 0.3) is 0 Å². The summed E-state index contributed by atoms with van der Waals surface area (Å²) in [6, 6.07) is 5.46. The number of fused-ring (bicyclic) bond motifs is 1. The second kappa shape index (κ2) is 9.13. The second-order valence-corrected chi connectivity index (χ2v) is 8.48. The Morgan fingerprint density at radius 3 is 2.61 bits per heavy atom. The van der Waals surface area contributed by atoms with E-state index in [1.807, 2.05) is 23.1 Å². The Hall–Kier alpha value is -2.81. The first-order valence-corrected chi connectivity index (χ1v) is 10.8. The predicted molar refractivity (Wildman–Crippen MR) is 114 cm³/mol. The van der Waals surface area contributed by atoms with E-state index in [1.165, 1.54) is 0 Å². The summed E-state index contributed by atoms with van der Waals surface area (Å²) in [5, 5.41) is 0. The molecule has 1 aromatic rings. The van der Waals surface area contributed by atoms with Gasteiger partial charge < -0.3 is 24.2 Å². The highest BCUT2D eigenvalue weighted by atomic mass is 16.6. The molecule has 0 N–H and O–H groups in total. The maximum atomic E-state index is 13.2. The topological polar surface area (TPSA) is 82.6 Å². The van der Waals surface area contributed by atoms with Gasteiger partial charge in [0, 0.05) is 65.0 Å². The number of carbonyl (C=O) groups excluding carboxylic acids is 3. The maximum Gasteiger partial charge on any atom is 0.236 e. The van der Waals surface area contributed by atoms with Gasteiger partial charge in [-0.2, -0.15) is 0 Å². The van der Waals surface area contributed by atoms with Gasteiger partial charge in [-0.15, -0.1) is 0 Å².